The number of ether oxygens (including phenoxy) is 1. The molecular weight excluding hydrogens is 318 g/mol. The normalized spacial score (nSPS) is 17.5. The number of thioether (sulfide) groups is 1. The van der Waals surface area contributed by atoms with Crippen LogP contribution in [-0.4, -0.2) is 30.2 Å². The van der Waals surface area contributed by atoms with Crippen LogP contribution in [0.5, 0.6) is 5.75 Å². The van der Waals surface area contributed by atoms with Crippen LogP contribution in [0.3, 0.4) is 0 Å². The van der Waals surface area contributed by atoms with Crippen molar-refractivity contribution in [3.8, 4) is 5.75 Å². The first kappa shape index (κ1) is 15.3. The number of carbonyl (C=O) groups is 1. The first-order valence-corrected chi connectivity index (χ1v) is 8.44. The number of benzene rings is 2. The average Bonchev–Trinajstić information content (AvgIpc) is 3.03. The molecule has 0 saturated carbocycles. The number of hydrogen-bond donors (Lipinski definition) is 0. The fourth-order valence-electron chi connectivity index (χ4n) is 2.59. The van der Waals surface area contributed by atoms with Crippen LogP contribution >= 0.6 is 23.4 Å². The molecule has 0 spiro atoms. The van der Waals surface area contributed by atoms with Crippen molar-refractivity contribution in [2.45, 2.75) is 5.37 Å². The lowest BCUT2D eigenvalue weighted by Gasteiger charge is -2.25. The van der Waals surface area contributed by atoms with E-state index in [0.717, 1.165) is 17.9 Å². The molecule has 2 aromatic carbocycles. The lowest BCUT2D eigenvalue weighted by molar-refractivity contribution is 0.0757. The van der Waals surface area contributed by atoms with Crippen molar-refractivity contribution in [3.05, 3.63) is 64.7 Å². The molecule has 2 aromatic rings. The fraction of sp³-hybridized carbons (Fsp3) is 0.235. The van der Waals surface area contributed by atoms with E-state index in [1.54, 1.807) is 24.9 Å². The van der Waals surface area contributed by atoms with Crippen LogP contribution in [0.15, 0.2) is 48.5 Å². The first-order chi connectivity index (χ1) is 10.7. The molecule has 0 N–H and O–H groups in total. The molecule has 1 aliphatic heterocycles. The topological polar surface area (TPSA) is 29.5 Å². The zero-order valence-corrected chi connectivity index (χ0v) is 13.7. The Kier molecular flexibility index (Phi) is 4.60. The van der Waals surface area contributed by atoms with Gasteiger partial charge >= 0.3 is 0 Å². The quantitative estimate of drug-likeness (QED) is 0.841. The van der Waals surface area contributed by atoms with Gasteiger partial charge in [0.15, 0.2) is 0 Å². The van der Waals surface area contributed by atoms with E-state index in [9.17, 15) is 4.79 Å². The molecule has 3 rings (SSSR count). The maximum Gasteiger partial charge on any atom is 0.258 e. The molecule has 1 saturated heterocycles. The van der Waals surface area contributed by atoms with Gasteiger partial charge in [-0.2, -0.15) is 0 Å². The van der Waals surface area contributed by atoms with Crippen LogP contribution in [0.4, 0.5) is 0 Å². The first-order valence-electron chi connectivity index (χ1n) is 7.02. The summed E-state index contributed by atoms with van der Waals surface area (Å²) in [4.78, 5) is 14.8. The summed E-state index contributed by atoms with van der Waals surface area (Å²) in [6, 6.07) is 15.0. The largest absolute Gasteiger partial charge is 0.496 e. The third-order valence-electron chi connectivity index (χ3n) is 3.62. The molecule has 1 unspecified atom stereocenters. The Hall–Kier alpha value is -1.65. The van der Waals surface area contributed by atoms with E-state index in [2.05, 4.69) is 0 Å². The van der Waals surface area contributed by atoms with Gasteiger partial charge in [-0.15, -0.1) is 11.8 Å². The molecule has 0 aliphatic carbocycles. The third kappa shape index (κ3) is 2.94. The molecule has 1 amide bonds. The van der Waals surface area contributed by atoms with Crippen LogP contribution in [0.1, 0.15) is 21.3 Å². The number of carbonyl (C=O) groups excluding carboxylic acids is 1. The van der Waals surface area contributed by atoms with E-state index < -0.39 is 0 Å². The summed E-state index contributed by atoms with van der Waals surface area (Å²) in [6.07, 6.45) is 0. The van der Waals surface area contributed by atoms with Crippen LogP contribution in [0.25, 0.3) is 0 Å². The summed E-state index contributed by atoms with van der Waals surface area (Å²) in [5.41, 5.74) is 1.65. The van der Waals surface area contributed by atoms with Gasteiger partial charge in [0, 0.05) is 17.3 Å². The van der Waals surface area contributed by atoms with Crippen molar-refractivity contribution in [1.82, 2.24) is 4.90 Å². The Labute approximate surface area is 139 Å². The third-order valence-corrected chi connectivity index (χ3v) is 5.12. The van der Waals surface area contributed by atoms with Gasteiger partial charge in [-0.05, 0) is 29.8 Å². The maximum atomic E-state index is 12.9. The van der Waals surface area contributed by atoms with Crippen LogP contribution < -0.4 is 4.74 Å². The highest BCUT2D eigenvalue weighted by atomic mass is 35.5. The van der Waals surface area contributed by atoms with E-state index in [1.165, 1.54) is 0 Å². The number of amides is 1. The van der Waals surface area contributed by atoms with Crippen molar-refractivity contribution in [3.63, 3.8) is 0 Å². The standard InChI is InChI=1S/C17H16ClNO2S/c1-21-15-8-3-2-7-14(15)16(20)19-9-10-22-17(19)12-5-4-6-13(18)11-12/h2-8,11,17H,9-10H2,1H3. The number of rotatable bonds is 3. The molecule has 1 heterocycles. The lowest BCUT2D eigenvalue weighted by Crippen LogP contribution is -2.30. The summed E-state index contributed by atoms with van der Waals surface area (Å²) in [6.45, 7) is 0.721. The summed E-state index contributed by atoms with van der Waals surface area (Å²) in [7, 11) is 1.58. The molecule has 1 aliphatic rings. The van der Waals surface area contributed by atoms with Crippen molar-refractivity contribution in [2.24, 2.45) is 0 Å². The lowest BCUT2D eigenvalue weighted by atomic mass is 10.1. The Morgan fingerprint density at radius 3 is 2.86 bits per heavy atom. The zero-order chi connectivity index (χ0) is 15.5. The molecule has 3 nitrogen and oxygen atoms in total. The molecule has 1 atom stereocenters. The van der Waals surface area contributed by atoms with E-state index in [1.807, 2.05) is 47.4 Å². The summed E-state index contributed by atoms with van der Waals surface area (Å²) >= 11 is 7.84. The van der Waals surface area contributed by atoms with Gasteiger partial charge in [0.05, 0.1) is 12.7 Å². The SMILES string of the molecule is COc1ccccc1C(=O)N1CCSC1c1cccc(Cl)c1. The van der Waals surface area contributed by atoms with Crippen molar-refractivity contribution >= 4 is 29.3 Å². The molecule has 5 heteroatoms. The monoisotopic (exact) mass is 333 g/mol. The number of nitrogens with zero attached hydrogens (tertiary/aromatic N) is 1. The molecule has 0 aromatic heterocycles. The van der Waals surface area contributed by atoms with E-state index in [0.29, 0.717) is 16.3 Å². The van der Waals surface area contributed by atoms with E-state index in [-0.39, 0.29) is 11.3 Å². The Morgan fingerprint density at radius 1 is 1.27 bits per heavy atom. The van der Waals surface area contributed by atoms with Crippen molar-refractivity contribution in [2.75, 3.05) is 19.4 Å². The highest BCUT2D eigenvalue weighted by molar-refractivity contribution is 7.99. The Balaban J connectivity index is 1.91. The average molecular weight is 334 g/mol. The molecule has 0 radical (unpaired) electrons. The van der Waals surface area contributed by atoms with Crippen LogP contribution in [-0.2, 0) is 0 Å². The number of halogens is 1. The van der Waals surface area contributed by atoms with Gasteiger partial charge in [0.25, 0.3) is 5.91 Å². The minimum atomic E-state index is -0.00701. The highest BCUT2D eigenvalue weighted by Gasteiger charge is 2.32. The van der Waals surface area contributed by atoms with Gasteiger partial charge in [0.2, 0.25) is 0 Å². The molecule has 22 heavy (non-hydrogen) atoms. The Bertz CT molecular complexity index is 692. The predicted molar refractivity (Wildman–Crippen MR) is 90.7 cm³/mol. The summed E-state index contributed by atoms with van der Waals surface area (Å²) in [5, 5.41) is 0.686. The number of hydrogen-bond acceptors (Lipinski definition) is 3. The molecule has 1 fully saturated rings. The Morgan fingerprint density at radius 2 is 2.09 bits per heavy atom. The molecular formula is C17H16ClNO2S. The maximum absolute atomic E-state index is 12.9. The second-order valence-electron chi connectivity index (χ2n) is 4.98. The van der Waals surface area contributed by atoms with E-state index >= 15 is 0 Å². The van der Waals surface area contributed by atoms with Gasteiger partial charge in [-0.25, -0.2) is 0 Å². The fourth-order valence-corrected chi connectivity index (χ4v) is 4.03. The summed E-state index contributed by atoms with van der Waals surface area (Å²) in [5.74, 6) is 1.51. The van der Waals surface area contributed by atoms with Crippen LogP contribution in [0.2, 0.25) is 5.02 Å². The van der Waals surface area contributed by atoms with Crippen molar-refractivity contribution in [1.29, 1.82) is 0 Å². The highest BCUT2D eigenvalue weighted by Crippen LogP contribution is 2.40. The van der Waals surface area contributed by atoms with Crippen molar-refractivity contribution < 1.29 is 9.53 Å². The number of methoxy groups -OCH3 is 1. The van der Waals surface area contributed by atoms with Gasteiger partial charge < -0.3 is 9.64 Å². The molecule has 0 bridgehead atoms. The second-order valence-corrected chi connectivity index (χ2v) is 6.60. The minimum absolute atomic E-state index is 0.00360. The minimum Gasteiger partial charge on any atom is -0.496 e. The molecule has 114 valence electrons. The zero-order valence-electron chi connectivity index (χ0n) is 12.2. The van der Waals surface area contributed by atoms with Gasteiger partial charge in [0.1, 0.15) is 11.1 Å². The second kappa shape index (κ2) is 6.63. The smallest absolute Gasteiger partial charge is 0.258 e. The van der Waals surface area contributed by atoms with Gasteiger partial charge in [-0.3, -0.25) is 4.79 Å². The van der Waals surface area contributed by atoms with Crippen LogP contribution in [0, 0.1) is 0 Å². The summed E-state index contributed by atoms with van der Waals surface area (Å²) < 4.78 is 5.31. The van der Waals surface area contributed by atoms with Gasteiger partial charge in [-0.1, -0.05) is 35.9 Å². The number of para-hydroxylation sites is 1. The predicted octanol–water partition coefficient (Wildman–Crippen LogP) is 4.24. The van der Waals surface area contributed by atoms with E-state index in [4.69, 9.17) is 16.3 Å².